The fourth-order valence-electron chi connectivity index (χ4n) is 1.40. The van der Waals surface area contributed by atoms with E-state index in [1.165, 1.54) is 6.26 Å². The molecule has 1 atom stereocenters. The Labute approximate surface area is 74.0 Å². The third-order valence-electron chi connectivity index (χ3n) is 2.10. The zero-order valence-electron chi connectivity index (χ0n) is 6.80. The lowest BCUT2D eigenvalue weighted by Gasteiger charge is -2.17. The van der Waals surface area contributed by atoms with Crippen LogP contribution in [0.25, 0.3) is 0 Å². The largest absolute Gasteiger partial charge is 0.431 e. The third kappa shape index (κ3) is 1.06. The van der Waals surface area contributed by atoms with Crippen LogP contribution in [-0.2, 0) is 9.57 Å². The molecule has 0 aromatic carbocycles. The highest BCUT2D eigenvalue weighted by Crippen LogP contribution is 2.29. The van der Waals surface area contributed by atoms with Crippen molar-refractivity contribution in [3.05, 3.63) is 22.5 Å². The van der Waals surface area contributed by atoms with E-state index in [1.54, 1.807) is 6.08 Å². The van der Waals surface area contributed by atoms with Crippen molar-refractivity contribution in [3.8, 4) is 0 Å². The molecule has 0 saturated heterocycles. The molecule has 6 nitrogen and oxygen atoms in total. The van der Waals surface area contributed by atoms with Gasteiger partial charge in [0, 0.05) is 6.42 Å². The third-order valence-corrected chi connectivity index (χ3v) is 2.10. The summed E-state index contributed by atoms with van der Waals surface area (Å²) in [6, 6.07) is 0. The van der Waals surface area contributed by atoms with Crippen molar-refractivity contribution in [1.82, 2.24) is 0 Å². The lowest BCUT2D eigenvalue weighted by atomic mass is 10.0. The minimum atomic E-state index is -1.49. The molecule has 2 heterocycles. The Bertz CT molecular complexity index is 289. The maximum absolute atomic E-state index is 10.8. The van der Waals surface area contributed by atoms with Crippen molar-refractivity contribution in [2.24, 2.45) is 5.16 Å². The predicted molar refractivity (Wildman–Crippen MR) is 42.6 cm³/mol. The summed E-state index contributed by atoms with van der Waals surface area (Å²) in [5.41, 5.74) is -1.13. The van der Waals surface area contributed by atoms with Crippen LogP contribution in [0.4, 0.5) is 0 Å². The van der Waals surface area contributed by atoms with Gasteiger partial charge in [0.15, 0.2) is 5.71 Å². The van der Waals surface area contributed by atoms with Gasteiger partial charge in [-0.25, -0.2) is 0 Å². The molecule has 2 aliphatic rings. The summed E-state index contributed by atoms with van der Waals surface area (Å²) in [5.74, 6) is 0. The van der Waals surface area contributed by atoms with Gasteiger partial charge in [-0.3, -0.25) is 10.1 Å². The topological polar surface area (TPSA) is 74.0 Å². The molecule has 70 valence electrons. The Morgan fingerprint density at radius 1 is 1.69 bits per heavy atom. The quantitative estimate of drug-likeness (QED) is 0.467. The SMILES string of the molecule is O=[N+]([O-])C1(C2=NOCC2)CC=CO1. The van der Waals surface area contributed by atoms with E-state index >= 15 is 0 Å². The van der Waals surface area contributed by atoms with Crippen LogP contribution in [0.1, 0.15) is 12.8 Å². The summed E-state index contributed by atoms with van der Waals surface area (Å²) in [6.07, 6.45) is 3.64. The van der Waals surface area contributed by atoms with Crippen molar-refractivity contribution in [3.63, 3.8) is 0 Å². The number of rotatable bonds is 2. The first-order chi connectivity index (χ1) is 6.26. The van der Waals surface area contributed by atoms with E-state index in [2.05, 4.69) is 5.16 Å². The summed E-state index contributed by atoms with van der Waals surface area (Å²) in [4.78, 5) is 15.1. The first-order valence-electron chi connectivity index (χ1n) is 3.92. The molecule has 0 fully saturated rings. The van der Waals surface area contributed by atoms with E-state index in [9.17, 15) is 10.1 Å². The van der Waals surface area contributed by atoms with Gasteiger partial charge >= 0.3 is 5.72 Å². The van der Waals surface area contributed by atoms with Crippen molar-refractivity contribution in [1.29, 1.82) is 0 Å². The molecule has 0 aromatic heterocycles. The molecule has 0 radical (unpaired) electrons. The number of ether oxygens (including phenoxy) is 1. The first kappa shape index (κ1) is 8.03. The Hall–Kier alpha value is -1.59. The van der Waals surface area contributed by atoms with Gasteiger partial charge in [0.05, 0.1) is 17.6 Å². The number of hydrogen-bond acceptors (Lipinski definition) is 5. The minimum Gasteiger partial charge on any atom is -0.431 e. The Balaban J connectivity index is 2.28. The van der Waals surface area contributed by atoms with E-state index in [-0.39, 0.29) is 6.42 Å². The predicted octanol–water partition coefficient (Wildman–Crippen LogP) is 0.670. The second kappa shape index (κ2) is 2.72. The van der Waals surface area contributed by atoms with E-state index in [4.69, 9.17) is 9.57 Å². The lowest BCUT2D eigenvalue weighted by Crippen LogP contribution is -2.45. The molecule has 0 aromatic rings. The smallest absolute Gasteiger partial charge is 0.409 e. The van der Waals surface area contributed by atoms with Crippen LogP contribution < -0.4 is 0 Å². The zero-order valence-corrected chi connectivity index (χ0v) is 6.80. The molecule has 1 unspecified atom stereocenters. The van der Waals surface area contributed by atoms with Gasteiger partial charge in [-0.1, -0.05) is 5.16 Å². The van der Waals surface area contributed by atoms with Crippen LogP contribution in [0.3, 0.4) is 0 Å². The summed E-state index contributed by atoms with van der Waals surface area (Å²) in [7, 11) is 0. The molecule has 2 rings (SSSR count). The molecule has 0 N–H and O–H groups in total. The summed E-state index contributed by atoms with van der Waals surface area (Å²) in [5, 5.41) is 14.4. The van der Waals surface area contributed by atoms with E-state index in [0.29, 0.717) is 18.7 Å². The summed E-state index contributed by atoms with van der Waals surface area (Å²) in [6.45, 7) is 0.397. The van der Waals surface area contributed by atoms with Gasteiger partial charge in [-0.05, 0) is 6.08 Å². The van der Waals surface area contributed by atoms with Crippen molar-refractivity contribution in [2.45, 2.75) is 18.6 Å². The fourth-order valence-corrected chi connectivity index (χ4v) is 1.40. The zero-order chi connectivity index (χ0) is 9.31. The van der Waals surface area contributed by atoms with Gasteiger partial charge in [0.2, 0.25) is 0 Å². The van der Waals surface area contributed by atoms with Crippen molar-refractivity contribution < 1.29 is 14.5 Å². The Kier molecular flexibility index (Phi) is 1.68. The number of nitrogens with zero attached hydrogens (tertiary/aromatic N) is 2. The average molecular weight is 184 g/mol. The van der Waals surface area contributed by atoms with Crippen LogP contribution in [0.5, 0.6) is 0 Å². The molecular weight excluding hydrogens is 176 g/mol. The standard InChI is InChI=1S/C7H8N2O4/c10-9(11)7(3-1-4-12-7)6-2-5-13-8-6/h1,4H,2-3,5H2. The van der Waals surface area contributed by atoms with Crippen LogP contribution in [-0.4, -0.2) is 23.0 Å². The van der Waals surface area contributed by atoms with Crippen LogP contribution in [0.2, 0.25) is 0 Å². The molecule has 0 aliphatic carbocycles. The molecular formula is C7H8N2O4. The molecule has 6 heteroatoms. The molecule has 0 bridgehead atoms. The highest BCUT2D eigenvalue weighted by molar-refractivity contribution is 5.92. The van der Waals surface area contributed by atoms with Crippen LogP contribution >= 0.6 is 0 Å². The van der Waals surface area contributed by atoms with Crippen molar-refractivity contribution >= 4 is 5.71 Å². The van der Waals surface area contributed by atoms with Crippen LogP contribution in [0.15, 0.2) is 17.5 Å². The second-order valence-electron chi connectivity index (χ2n) is 2.86. The van der Waals surface area contributed by atoms with Gasteiger partial charge < -0.3 is 9.57 Å². The van der Waals surface area contributed by atoms with Gasteiger partial charge in [-0.2, -0.15) is 0 Å². The lowest BCUT2D eigenvalue weighted by molar-refractivity contribution is -0.594. The van der Waals surface area contributed by atoms with Crippen molar-refractivity contribution in [2.75, 3.05) is 6.61 Å². The Morgan fingerprint density at radius 3 is 3.00 bits per heavy atom. The normalized spacial score (nSPS) is 30.9. The number of oxime groups is 1. The summed E-state index contributed by atoms with van der Waals surface area (Å²) >= 11 is 0. The first-order valence-corrected chi connectivity index (χ1v) is 3.92. The maximum Gasteiger partial charge on any atom is 0.409 e. The molecule has 0 amide bonds. The fraction of sp³-hybridized carbons (Fsp3) is 0.571. The molecule has 0 saturated carbocycles. The highest BCUT2D eigenvalue weighted by atomic mass is 16.7. The maximum atomic E-state index is 10.8. The molecule has 0 spiro atoms. The number of nitro groups is 1. The monoisotopic (exact) mass is 184 g/mol. The van der Waals surface area contributed by atoms with E-state index < -0.39 is 10.6 Å². The second-order valence-corrected chi connectivity index (χ2v) is 2.86. The van der Waals surface area contributed by atoms with Gasteiger partial charge in [0.25, 0.3) is 0 Å². The minimum absolute atomic E-state index is 0.224. The van der Waals surface area contributed by atoms with Gasteiger partial charge in [-0.15, -0.1) is 0 Å². The number of hydrogen-bond donors (Lipinski definition) is 0. The summed E-state index contributed by atoms with van der Waals surface area (Å²) < 4.78 is 5.00. The molecule has 13 heavy (non-hydrogen) atoms. The van der Waals surface area contributed by atoms with E-state index in [1.807, 2.05) is 0 Å². The average Bonchev–Trinajstić information content (AvgIpc) is 2.75. The van der Waals surface area contributed by atoms with Gasteiger partial charge in [0.1, 0.15) is 6.61 Å². The van der Waals surface area contributed by atoms with E-state index in [0.717, 1.165) is 0 Å². The van der Waals surface area contributed by atoms with Crippen LogP contribution in [0, 0.1) is 10.1 Å². The highest BCUT2D eigenvalue weighted by Gasteiger charge is 2.53. The molecule has 2 aliphatic heterocycles. The Morgan fingerprint density at radius 2 is 2.54 bits per heavy atom.